The van der Waals surface area contributed by atoms with Crippen molar-refractivity contribution in [2.45, 2.75) is 6.42 Å². The van der Waals surface area contributed by atoms with E-state index in [9.17, 15) is 14.4 Å². The maximum absolute atomic E-state index is 12.2. The van der Waals surface area contributed by atoms with Crippen LogP contribution in [-0.4, -0.2) is 37.9 Å². The molecule has 0 saturated heterocycles. The van der Waals surface area contributed by atoms with Gasteiger partial charge in [0, 0.05) is 11.8 Å². The first-order valence-electron chi connectivity index (χ1n) is 8.96. The number of imide groups is 1. The highest BCUT2D eigenvalue weighted by Crippen LogP contribution is 2.34. The maximum atomic E-state index is 12.2. The Hall–Kier alpha value is -3.75. The van der Waals surface area contributed by atoms with Crippen molar-refractivity contribution in [3.63, 3.8) is 0 Å². The normalized spacial score (nSPS) is 16.2. The van der Waals surface area contributed by atoms with Crippen LogP contribution in [0, 0.1) is 5.92 Å². The highest BCUT2D eigenvalue weighted by atomic mass is 16.7. The van der Waals surface area contributed by atoms with Crippen LogP contribution >= 0.6 is 0 Å². The van der Waals surface area contributed by atoms with Crippen molar-refractivity contribution in [2.75, 3.05) is 25.3 Å². The highest BCUT2D eigenvalue weighted by Gasteiger charge is 2.27. The number of fused-ring (bicyclic) bond motifs is 2. The summed E-state index contributed by atoms with van der Waals surface area (Å²) in [5.41, 5.74) is 1.34. The van der Waals surface area contributed by atoms with Crippen molar-refractivity contribution in [1.82, 2.24) is 5.32 Å². The maximum Gasteiger partial charge on any atom is 0.325 e. The van der Waals surface area contributed by atoms with E-state index in [1.54, 1.807) is 18.2 Å². The number of anilines is 1. The third-order valence-electron chi connectivity index (χ3n) is 4.44. The summed E-state index contributed by atoms with van der Waals surface area (Å²) in [5.74, 6) is 0.0294. The van der Waals surface area contributed by atoms with Crippen molar-refractivity contribution < 1.29 is 33.3 Å². The number of esters is 1. The summed E-state index contributed by atoms with van der Waals surface area (Å²) in [7, 11) is 0. The smallest absolute Gasteiger partial charge is 0.325 e. The van der Waals surface area contributed by atoms with Crippen molar-refractivity contribution in [3.8, 4) is 17.2 Å². The molecule has 2 aromatic rings. The molecule has 2 N–H and O–H groups in total. The van der Waals surface area contributed by atoms with Gasteiger partial charge in [-0.1, -0.05) is 18.2 Å². The summed E-state index contributed by atoms with van der Waals surface area (Å²) in [6.07, 6.45) is 0.473. The molecule has 4 rings (SSSR count). The van der Waals surface area contributed by atoms with Gasteiger partial charge in [-0.25, -0.2) is 4.79 Å². The molecule has 9 heteroatoms. The lowest BCUT2D eigenvalue weighted by molar-refractivity contribution is -0.153. The quantitative estimate of drug-likeness (QED) is 0.756. The van der Waals surface area contributed by atoms with Crippen molar-refractivity contribution >= 4 is 23.6 Å². The standard InChI is InChI=1S/C20H18N2O7/c23-18(22-20(25)21-14-5-6-16-17(8-14)29-11-28-16)10-27-19(24)13-7-12-3-1-2-4-15(12)26-9-13/h1-6,8,13H,7,9-11H2,(H2,21,22,23,25)/t13-/m0/s1. The van der Waals surface area contributed by atoms with E-state index in [-0.39, 0.29) is 13.4 Å². The highest BCUT2D eigenvalue weighted by molar-refractivity contribution is 6.02. The zero-order valence-electron chi connectivity index (χ0n) is 15.3. The number of carbonyl (C=O) groups excluding carboxylic acids is 3. The average Bonchev–Trinajstić information content (AvgIpc) is 3.19. The summed E-state index contributed by atoms with van der Waals surface area (Å²) >= 11 is 0. The fraction of sp³-hybridized carbons (Fsp3) is 0.250. The van der Waals surface area contributed by atoms with Crippen LogP contribution in [-0.2, 0) is 20.7 Å². The molecule has 0 saturated carbocycles. The number of rotatable bonds is 4. The first kappa shape index (κ1) is 18.6. The average molecular weight is 398 g/mol. The number of ether oxygens (including phenoxy) is 4. The topological polar surface area (TPSA) is 112 Å². The molecule has 0 spiro atoms. The number of nitrogens with one attached hydrogen (secondary N) is 2. The van der Waals surface area contributed by atoms with Crippen LogP contribution in [0.1, 0.15) is 5.56 Å². The number of amides is 3. The number of urea groups is 1. The third-order valence-corrected chi connectivity index (χ3v) is 4.44. The molecule has 0 bridgehead atoms. The molecule has 2 aliphatic heterocycles. The molecule has 29 heavy (non-hydrogen) atoms. The van der Waals surface area contributed by atoms with E-state index >= 15 is 0 Å². The van der Waals surface area contributed by atoms with Gasteiger partial charge in [-0.05, 0) is 30.2 Å². The third kappa shape index (κ3) is 4.40. The summed E-state index contributed by atoms with van der Waals surface area (Å²) in [6, 6.07) is 11.5. The van der Waals surface area contributed by atoms with Crippen LogP contribution in [0.25, 0.3) is 0 Å². The molecule has 150 valence electrons. The Morgan fingerprint density at radius 1 is 1.00 bits per heavy atom. The van der Waals surface area contributed by atoms with Crippen LogP contribution < -0.4 is 24.8 Å². The largest absolute Gasteiger partial charge is 0.492 e. The van der Waals surface area contributed by atoms with Crippen LogP contribution in [0.15, 0.2) is 42.5 Å². The molecule has 2 heterocycles. The van der Waals surface area contributed by atoms with Crippen molar-refractivity contribution in [2.24, 2.45) is 5.92 Å². The molecule has 0 aromatic heterocycles. The first-order chi connectivity index (χ1) is 14.1. The molecule has 2 aliphatic rings. The van der Waals surface area contributed by atoms with E-state index in [0.29, 0.717) is 23.6 Å². The van der Waals surface area contributed by atoms with Crippen LogP contribution in [0.5, 0.6) is 17.2 Å². The second-order valence-corrected chi connectivity index (χ2v) is 6.50. The minimum atomic E-state index is -0.750. The first-order valence-corrected chi connectivity index (χ1v) is 8.96. The van der Waals surface area contributed by atoms with Gasteiger partial charge in [-0.3, -0.25) is 14.9 Å². The van der Waals surface area contributed by atoms with Gasteiger partial charge in [-0.15, -0.1) is 0 Å². The Morgan fingerprint density at radius 2 is 1.83 bits per heavy atom. The summed E-state index contributed by atoms with van der Waals surface area (Å²) in [6.45, 7) is -0.264. The van der Waals surface area contributed by atoms with E-state index in [2.05, 4.69) is 10.6 Å². The Balaban J connectivity index is 1.22. The molecule has 0 aliphatic carbocycles. The van der Waals surface area contributed by atoms with Gasteiger partial charge in [0.15, 0.2) is 18.1 Å². The van der Waals surface area contributed by atoms with Crippen molar-refractivity contribution in [3.05, 3.63) is 48.0 Å². The number of carbonyl (C=O) groups is 3. The zero-order valence-corrected chi connectivity index (χ0v) is 15.3. The fourth-order valence-corrected chi connectivity index (χ4v) is 3.03. The van der Waals surface area contributed by atoms with E-state index in [1.165, 1.54) is 0 Å². The SMILES string of the molecule is O=C(COC(=O)[C@@H]1COc2ccccc2C1)NC(=O)Nc1ccc2c(c1)OCO2. The lowest BCUT2D eigenvalue weighted by atomic mass is 9.97. The Kier molecular flexibility index (Phi) is 5.19. The molecule has 0 radical (unpaired) electrons. The van der Waals surface area contributed by atoms with Gasteiger partial charge in [0.25, 0.3) is 5.91 Å². The number of para-hydroxylation sites is 1. The Morgan fingerprint density at radius 3 is 2.72 bits per heavy atom. The van der Waals surface area contributed by atoms with Crippen molar-refractivity contribution in [1.29, 1.82) is 0 Å². The molecule has 3 amide bonds. The van der Waals surface area contributed by atoms with Gasteiger partial charge < -0.3 is 24.3 Å². The Bertz CT molecular complexity index is 960. The van der Waals surface area contributed by atoms with E-state index in [4.69, 9.17) is 18.9 Å². The van der Waals surface area contributed by atoms with Gasteiger partial charge in [0.1, 0.15) is 12.4 Å². The molecule has 0 unspecified atom stereocenters. The minimum Gasteiger partial charge on any atom is -0.492 e. The van der Waals surface area contributed by atoms with E-state index < -0.39 is 30.4 Å². The summed E-state index contributed by atoms with van der Waals surface area (Å²) < 4.78 is 21.0. The Labute approximate surface area is 165 Å². The van der Waals surface area contributed by atoms with Gasteiger partial charge >= 0.3 is 12.0 Å². The number of benzene rings is 2. The molecule has 2 aromatic carbocycles. The van der Waals surface area contributed by atoms with Crippen LogP contribution in [0.4, 0.5) is 10.5 Å². The predicted molar refractivity (Wildman–Crippen MR) is 99.8 cm³/mol. The molecule has 1 atom stereocenters. The van der Waals surface area contributed by atoms with Gasteiger partial charge in [0.05, 0.1) is 5.92 Å². The molecular formula is C20H18N2O7. The molecular weight excluding hydrogens is 380 g/mol. The fourth-order valence-electron chi connectivity index (χ4n) is 3.03. The lowest BCUT2D eigenvalue weighted by Crippen LogP contribution is -2.38. The monoisotopic (exact) mass is 398 g/mol. The predicted octanol–water partition coefficient (Wildman–Crippen LogP) is 1.86. The van der Waals surface area contributed by atoms with Crippen LogP contribution in [0.3, 0.4) is 0 Å². The lowest BCUT2D eigenvalue weighted by Gasteiger charge is -2.23. The molecule has 9 nitrogen and oxygen atoms in total. The van der Waals surface area contributed by atoms with E-state index in [0.717, 1.165) is 11.3 Å². The van der Waals surface area contributed by atoms with Crippen LogP contribution in [0.2, 0.25) is 0 Å². The number of hydrogen-bond donors (Lipinski definition) is 2. The number of hydrogen-bond acceptors (Lipinski definition) is 7. The van der Waals surface area contributed by atoms with E-state index in [1.807, 2.05) is 24.3 Å². The second kappa shape index (κ2) is 8.09. The summed E-state index contributed by atoms with van der Waals surface area (Å²) in [4.78, 5) is 36.0. The minimum absolute atomic E-state index is 0.118. The second-order valence-electron chi connectivity index (χ2n) is 6.50. The zero-order chi connectivity index (χ0) is 20.2. The van der Waals surface area contributed by atoms with Gasteiger partial charge in [-0.2, -0.15) is 0 Å². The summed E-state index contributed by atoms with van der Waals surface area (Å²) in [5, 5.41) is 4.60. The molecule has 0 fully saturated rings. The van der Waals surface area contributed by atoms with Gasteiger partial charge in [0.2, 0.25) is 6.79 Å².